The fourth-order valence-corrected chi connectivity index (χ4v) is 3.88. The first kappa shape index (κ1) is 19.5. The Labute approximate surface area is 158 Å². The summed E-state index contributed by atoms with van der Waals surface area (Å²) in [4.78, 5) is 21.8. The van der Waals surface area contributed by atoms with Crippen LogP contribution in [0.15, 0.2) is 24.7 Å². The Kier molecular flexibility index (Phi) is 5.91. The quantitative estimate of drug-likeness (QED) is 0.653. The molecule has 1 fully saturated rings. The van der Waals surface area contributed by atoms with Crippen LogP contribution in [-0.4, -0.2) is 59.2 Å². The van der Waals surface area contributed by atoms with Crippen LogP contribution in [0.5, 0.6) is 0 Å². The van der Waals surface area contributed by atoms with Gasteiger partial charge in [0.15, 0.2) is 5.65 Å². The van der Waals surface area contributed by atoms with Gasteiger partial charge in [0.2, 0.25) is 0 Å². The molecule has 3 aromatic rings. The third-order valence-corrected chi connectivity index (χ3v) is 5.83. The predicted octanol–water partition coefficient (Wildman–Crippen LogP) is 1.54. The number of carbonyl (C=O) groups is 1. The van der Waals surface area contributed by atoms with Gasteiger partial charge in [-0.15, -0.1) is 0 Å². The Morgan fingerprint density at radius 1 is 1.33 bits per heavy atom. The Hall–Kier alpha value is -2.26. The minimum atomic E-state index is -2.92. The van der Waals surface area contributed by atoms with Gasteiger partial charge in [0.25, 0.3) is 0 Å². The van der Waals surface area contributed by atoms with Gasteiger partial charge in [0.1, 0.15) is 21.9 Å². The highest BCUT2D eigenvalue weighted by atomic mass is 32.2. The molecule has 0 spiro atoms. The molecule has 0 saturated carbocycles. The van der Waals surface area contributed by atoms with Crippen molar-refractivity contribution >= 4 is 32.8 Å². The summed E-state index contributed by atoms with van der Waals surface area (Å²) >= 11 is 0. The number of aromatic nitrogens is 4. The van der Waals surface area contributed by atoms with Crippen LogP contribution < -0.4 is 5.32 Å². The first-order valence-corrected chi connectivity index (χ1v) is 11.1. The molecule has 1 aliphatic heterocycles. The van der Waals surface area contributed by atoms with Crippen LogP contribution >= 0.6 is 0 Å². The molecule has 1 saturated heterocycles. The third kappa shape index (κ3) is 4.54. The van der Waals surface area contributed by atoms with Crippen LogP contribution in [0.4, 0.5) is 0 Å². The van der Waals surface area contributed by atoms with E-state index in [1.54, 1.807) is 0 Å². The van der Waals surface area contributed by atoms with Crippen molar-refractivity contribution in [1.82, 2.24) is 24.7 Å². The smallest absolute Gasteiger partial charge is 0.154 e. The number of hydrogen-bond donors (Lipinski definition) is 2. The highest BCUT2D eigenvalue weighted by Gasteiger charge is 2.26. The zero-order valence-electron chi connectivity index (χ0n) is 15.6. The number of imidazole rings is 1. The van der Waals surface area contributed by atoms with Crippen molar-refractivity contribution < 1.29 is 13.2 Å². The molecule has 2 atom stereocenters. The van der Waals surface area contributed by atoms with Crippen molar-refractivity contribution in [1.29, 1.82) is 0 Å². The van der Waals surface area contributed by atoms with E-state index in [1.165, 1.54) is 6.42 Å². The van der Waals surface area contributed by atoms with E-state index >= 15 is 0 Å². The second-order valence-corrected chi connectivity index (χ2v) is 9.27. The van der Waals surface area contributed by atoms with Crippen molar-refractivity contribution in [2.75, 3.05) is 25.1 Å². The van der Waals surface area contributed by atoms with Gasteiger partial charge in [0.05, 0.1) is 29.2 Å². The number of piperidine rings is 1. The van der Waals surface area contributed by atoms with Gasteiger partial charge >= 0.3 is 0 Å². The largest absolute Gasteiger partial charge is 0.345 e. The first-order chi connectivity index (χ1) is 12.9. The maximum absolute atomic E-state index is 10.2. The lowest BCUT2D eigenvalue weighted by Crippen LogP contribution is -2.34. The Bertz CT molecular complexity index is 1020. The Morgan fingerprint density at radius 3 is 2.78 bits per heavy atom. The van der Waals surface area contributed by atoms with E-state index < -0.39 is 9.84 Å². The van der Waals surface area contributed by atoms with Gasteiger partial charge in [-0.25, -0.2) is 18.4 Å². The van der Waals surface area contributed by atoms with Crippen LogP contribution in [0.3, 0.4) is 0 Å². The third-order valence-electron chi connectivity index (χ3n) is 4.85. The number of rotatable bonds is 4. The highest BCUT2D eigenvalue weighted by Crippen LogP contribution is 2.29. The average molecular weight is 391 g/mol. The summed E-state index contributed by atoms with van der Waals surface area (Å²) in [6.45, 7) is 4.44. The molecular weight excluding hydrogens is 366 g/mol. The molecule has 3 aromatic heterocycles. The molecule has 2 N–H and O–H groups in total. The molecule has 0 bridgehead atoms. The molecule has 4 heterocycles. The summed E-state index contributed by atoms with van der Waals surface area (Å²) in [6, 6.07) is 2.07. The van der Waals surface area contributed by atoms with Crippen LogP contribution in [0.2, 0.25) is 0 Å². The first-order valence-electron chi connectivity index (χ1n) is 9.02. The van der Waals surface area contributed by atoms with E-state index in [2.05, 4.69) is 37.7 Å². The SMILES string of the molecule is CS(=O)(=O)CCC=O.C[C@@H]1CCNC[C@@H]1c1ncc2cnc3[nH]ccc3n12. The van der Waals surface area contributed by atoms with Crippen LogP contribution in [0.1, 0.15) is 31.5 Å². The summed E-state index contributed by atoms with van der Waals surface area (Å²) in [5, 5.41) is 3.48. The molecular formula is C18H25N5O3S. The summed E-state index contributed by atoms with van der Waals surface area (Å²) in [5.74, 6) is 2.25. The Balaban J connectivity index is 0.000000226. The highest BCUT2D eigenvalue weighted by molar-refractivity contribution is 7.90. The molecule has 8 nitrogen and oxygen atoms in total. The van der Waals surface area contributed by atoms with Crippen molar-refractivity contribution in [2.45, 2.75) is 25.7 Å². The lowest BCUT2D eigenvalue weighted by atomic mass is 9.87. The molecule has 9 heteroatoms. The molecule has 4 rings (SSSR count). The lowest BCUT2D eigenvalue weighted by molar-refractivity contribution is -0.107. The zero-order chi connectivity index (χ0) is 19.4. The van der Waals surface area contributed by atoms with Crippen LogP contribution in [0.25, 0.3) is 16.7 Å². The number of sulfone groups is 1. The summed E-state index contributed by atoms with van der Waals surface area (Å²) in [6.07, 6.45) is 8.77. The average Bonchev–Trinajstić information content (AvgIpc) is 3.26. The number of carbonyl (C=O) groups excluding carboxylic acids is 1. The number of fused-ring (bicyclic) bond motifs is 3. The molecule has 27 heavy (non-hydrogen) atoms. The number of aromatic amines is 1. The molecule has 146 valence electrons. The standard InChI is InChI=1S/C14H17N5.C4H8O3S/c1-9-2-4-15-8-11(9)14-18-7-10-6-17-13-12(19(10)14)3-5-16-13;1-8(6,7)4-2-3-5/h3,5-7,9,11,15-16H,2,4,8H2,1H3;3H,2,4H2,1H3/t9-,11+;/m1./s1. The van der Waals surface area contributed by atoms with Gasteiger partial charge in [-0.3, -0.25) is 4.40 Å². The van der Waals surface area contributed by atoms with E-state index in [0.717, 1.165) is 41.9 Å². The van der Waals surface area contributed by atoms with Crippen LogP contribution in [0, 0.1) is 5.92 Å². The molecule has 0 aliphatic carbocycles. The second-order valence-electron chi connectivity index (χ2n) is 7.01. The maximum atomic E-state index is 10.2. The maximum Gasteiger partial charge on any atom is 0.154 e. The van der Waals surface area contributed by atoms with Crippen molar-refractivity contribution in [2.24, 2.45) is 5.92 Å². The minimum absolute atomic E-state index is 0.0313. The number of nitrogens with zero attached hydrogens (tertiary/aromatic N) is 3. The zero-order valence-corrected chi connectivity index (χ0v) is 16.4. The van der Waals surface area contributed by atoms with E-state index in [-0.39, 0.29) is 12.2 Å². The number of hydrogen-bond acceptors (Lipinski definition) is 6. The monoisotopic (exact) mass is 391 g/mol. The van der Waals surface area contributed by atoms with Gasteiger partial charge in [-0.2, -0.15) is 0 Å². The minimum Gasteiger partial charge on any atom is -0.345 e. The van der Waals surface area contributed by atoms with E-state index in [0.29, 0.717) is 18.1 Å². The molecule has 0 amide bonds. The van der Waals surface area contributed by atoms with Gasteiger partial charge in [-0.05, 0) is 24.9 Å². The van der Waals surface area contributed by atoms with Crippen LogP contribution in [-0.2, 0) is 14.6 Å². The summed E-state index contributed by atoms with van der Waals surface area (Å²) in [7, 11) is -2.92. The lowest BCUT2D eigenvalue weighted by Gasteiger charge is -2.28. The van der Waals surface area contributed by atoms with Gasteiger partial charge in [0, 0.05) is 31.3 Å². The number of aldehydes is 1. The molecule has 0 radical (unpaired) electrons. The molecule has 0 unspecified atom stereocenters. The van der Waals surface area contributed by atoms with Crippen molar-refractivity contribution in [3.05, 3.63) is 30.5 Å². The topological polar surface area (TPSA) is 109 Å². The predicted molar refractivity (Wildman–Crippen MR) is 105 cm³/mol. The molecule has 1 aliphatic rings. The van der Waals surface area contributed by atoms with Gasteiger partial charge in [-0.1, -0.05) is 6.92 Å². The number of nitrogens with one attached hydrogen (secondary N) is 2. The van der Waals surface area contributed by atoms with Crippen molar-refractivity contribution in [3.8, 4) is 0 Å². The second kappa shape index (κ2) is 8.18. The Morgan fingerprint density at radius 2 is 2.11 bits per heavy atom. The molecule has 0 aromatic carbocycles. The van der Waals surface area contributed by atoms with Gasteiger partial charge < -0.3 is 15.1 Å². The fourth-order valence-electron chi connectivity index (χ4n) is 3.36. The summed E-state index contributed by atoms with van der Waals surface area (Å²) < 4.78 is 22.7. The normalized spacial score (nSPS) is 20.4. The van der Waals surface area contributed by atoms with E-state index in [1.807, 2.05) is 18.6 Å². The van der Waals surface area contributed by atoms with E-state index in [9.17, 15) is 13.2 Å². The fraction of sp³-hybridized carbons (Fsp3) is 0.500. The van der Waals surface area contributed by atoms with Crippen molar-refractivity contribution in [3.63, 3.8) is 0 Å². The number of H-pyrrole nitrogens is 1. The van der Waals surface area contributed by atoms with E-state index in [4.69, 9.17) is 0 Å². The summed E-state index contributed by atoms with van der Waals surface area (Å²) in [5.41, 5.74) is 3.10.